The summed E-state index contributed by atoms with van der Waals surface area (Å²) in [6, 6.07) is 0. The number of halogens is 4. The van der Waals surface area contributed by atoms with Gasteiger partial charge in [0, 0.05) is 18.6 Å². The average Bonchev–Trinajstić information content (AvgIpc) is 3.06. The molecule has 0 fully saturated rings. The molecule has 0 saturated carbocycles. The lowest BCUT2D eigenvalue weighted by molar-refractivity contribution is -0.143. The van der Waals surface area contributed by atoms with Crippen LogP contribution in [0.3, 0.4) is 0 Å². The minimum atomic E-state index is -2.08. The number of carbonyl (C=O) groups excluding carboxylic acids is 1. The van der Waals surface area contributed by atoms with Crippen molar-refractivity contribution in [1.29, 1.82) is 0 Å². The Balaban J connectivity index is 2.78. The maximum atomic E-state index is 11.8. The molecule has 35 heavy (non-hydrogen) atoms. The number of esters is 1. The van der Waals surface area contributed by atoms with Gasteiger partial charge in [-0.3, -0.25) is 4.79 Å². The number of nitrogens with zero attached hydrogens (tertiary/aromatic N) is 1. The van der Waals surface area contributed by atoms with Crippen molar-refractivity contribution in [2.75, 3.05) is 12.4 Å². The van der Waals surface area contributed by atoms with Gasteiger partial charge in [0.05, 0.1) is 11.1 Å². The van der Waals surface area contributed by atoms with Crippen LogP contribution in [-0.2, 0) is 14.0 Å². The largest absolute Gasteiger partial charge is 0.461 e. The highest BCUT2D eigenvalue weighted by Crippen LogP contribution is 2.44. The third kappa shape index (κ3) is 11.6. The van der Waals surface area contributed by atoms with Gasteiger partial charge in [-0.1, -0.05) is 92.3 Å². The molecule has 2 unspecified atom stereocenters. The van der Waals surface area contributed by atoms with Gasteiger partial charge in [0.1, 0.15) is 6.61 Å². The van der Waals surface area contributed by atoms with Gasteiger partial charge in [-0.25, -0.2) is 4.99 Å². The summed E-state index contributed by atoms with van der Waals surface area (Å²) in [6.45, 7) is 15.4. The van der Waals surface area contributed by atoms with Crippen molar-refractivity contribution < 1.29 is 19.1 Å². The van der Waals surface area contributed by atoms with Gasteiger partial charge in [-0.05, 0) is 53.4 Å². The fraction of sp³-hybridized carbons (Fsp3) is 0.833. The molecule has 0 bridgehead atoms. The number of ether oxygens (including phenoxy) is 1. The van der Waals surface area contributed by atoms with E-state index in [2.05, 4.69) is 68.5 Å². The summed E-state index contributed by atoms with van der Waals surface area (Å²) < 4.78 is 11.4. The number of rotatable bonds is 14. The summed E-state index contributed by atoms with van der Waals surface area (Å²) in [7, 11) is -2.08. The van der Waals surface area contributed by atoms with Crippen molar-refractivity contribution >= 4 is 81.8 Å². The van der Waals surface area contributed by atoms with Crippen LogP contribution in [0, 0.1) is 0 Å². The van der Waals surface area contributed by atoms with E-state index in [1.165, 1.54) is 0 Å². The molecule has 1 aliphatic rings. The van der Waals surface area contributed by atoms with E-state index >= 15 is 0 Å². The van der Waals surface area contributed by atoms with Crippen molar-refractivity contribution in [3.05, 3.63) is 10.6 Å². The molecule has 1 heterocycles. The summed E-state index contributed by atoms with van der Waals surface area (Å²) >= 11 is 21.9. The highest BCUT2D eigenvalue weighted by molar-refractivity contribution is 9.11. The molecule has 1 aliphatic heterocycles. The summed E-state index contributed by atoms with van der Waals surface area (Å²) in [5, 5.41) is 11.9. The second-order valence-corrected chi connectivity index (χ2v) is 20.4. The molecule has 204 valence electrons. The third-order valence-electron chi connectivity index (χ3n) is 6.26. The third-order valence-corrected chi connectivity index (χ3v) is 14.2. The molecule has 0 radical (unpaired) electrons. The van der Waals surface area contributed by atoms with Crippen LogP contribution in [-0.4, -0.2) is 52.4 Å². The number of carbonyl (C=O) groups is 1. The summed E-state index contributed by atoms with van der Waals surface area (Å²) in [6.07, 6.45) is 4.55. The van der Waals surface area contributed by atoms with Crippen LogP contribution in [0.1, 0.15) is 80.6 Å². The van der Waals surface area contributed by atoms with Crippen molar-refractivity contribution in [1.82, 2.24) is 0 Å². The van der Waals surface area contributed by atoms with Crippen LogP contribution in [0.4, 0.5) is 0 Å². The maximum absolute atomic E-state index is 11.8. The van der Waals surface area contributed by atoms with E-state index in [1.807, 2.05) is 6.92 Å². The molecule has 11 heteroatoms. The van der Waals surface area contributed by atoms with Crippen LogP contribution < -0.4 is 0 Å². The van der Waals surface area contributed by atoms with E-state index in [9.17, 15) is 9.90 Å². The molecule has 0 aromatic heterocycles. The highest BCUT2D eigenvalue weighted by Gasteiger charge is 2.46. The minimum absolute atomic E-state index is 0.102. The predicted molar refractivity (Wildman–Crippen MR) is 158 cm³/mol. The van der Waals surface area contributed by atoms with E-state index in [1.54, 1.807) is 11.8 Å². The molecule has 0 aromatic carbocycles. The smallest absolute Gasteiger partial charge is 0.305 e. The lowest BCUT2D eigenvalue weighted by Gasteiger charge is -2.44. The molecule has 0 amide bonds. The van der Waals surface area contributed by atoms with Gasteiger partial charge in [0.25, 0.3) is 0 Å². The topological polar surface area (TPSA) is 68.1 Å². The molecular weight excluding hydrogens is 613 g/mol. The lowest BCUT2D eigenvalue weighted by atomic mass is 10.1. The molecule has 1 rings (SSSR count). The Labute approximate surface area is 240 Å². The Morgan fingerprint density at radius 3 is 2.26 bits per heavy atom. The molecule has 0 spiro atoms. The summed E-state index contributed by atoms with van der Waals surface area (Å²) in [4.78, 5) is 16.4. The van der Waals surface area contributed by atoms with Gasteiger partial charge in [-0.15, -0.1) is 11.8 Å². The molecule has 2 atom stereocenters. The number of thioether (sulfide) groups is 1. The first-order valence-electron chi connectivity index (χ1n) is 12.2. The Morgan fingerprint density at radius 1 is 1.20 bits per heavy atom. The molecule has 0 saturated heterocycles. The summed E-state index contributed by atoms with van der Waals surface area (Å²) in [5.74, 6) is 0.0866. The SMILES string of the molecule is C/C(Br)=C\C(CC1=NC(O)(CCCCC(=O)OCC(Cl)(Cl)Cl)CS1)O[Si](C(C)C)(C(C)C)C(C)C. The van der Waals surface area contributed by atoms with Crippen molar-refractivity contribution in [2.45, 2.75) is 113 Å². The first-order valence-corrected chi connectivity index (χ1v) is 17.2. The maximum Gasteiger partial charge on any atom is 0.305 e. The normalized spacial score (nSPS) is 20.7. The lowest BCUT2D eigenvalue weighted by Crippen LogP contribution is -2.50. The van der Waals surface area contributed by atoms with Gasteiger partial charge in [0.2, 0.25) is 12.1 Å². The Hall–Kier alpha value is 0.717. The number of hydrogen-bond donors (Lipinski definition) is 1. The van der Waals surface area contributed by atoms with E-state index in [4.69, 9.17) is 44.0 Å². The second kappa shape index (κ2) is 14.8. The molecule has 0 aliphatic carbocycles. The van der Waals surface area contributed by atoms with Gasteiger partial charge < -0.3 is 14.3 Å². The molecule has 5 nitrogen and oxygen atoms in total. The zero-order chi connectivity index (χ0) is 27.0. The van der Waals surface area contributed by atoms with E-state index < -0.39 is 23.8 Å². The number of allylic oxidation sites excluding steroid dienone is 1. The number of aliphatic imine (C=N–C) groups is 1. The van der Waals surface area contributed by atoms with Crippen LogP contribution in [0.25, 0.3) is 0 Å². The number of aliphatic hydroxyl groups is 1. The van der Waals surface area contributed by atoms with Crippen molar-refractivity contribution in [3.63, 3.8) is 0 Å². The van der Waals surface area contributed by atoms with Crippen molar-refractivity contribution in [3.8, 4) is 0 Å². The predicted octanol–water partition coefficient (Wildman–Crippen LogP) is 8.54. The number of alkyl halides is 3. The standard InChI is InChI=1S/C24H41BrCl3NO4SSi/c1-16(2)35(17(3)4,18(5)6)33-20(12-19(7)25)13-21-29-23(31,15-34-21)11-9-8-10-22(30)32-14-24(26,27)28/h12,16-18,20,31H,8-11,13-15H2,1-7H3/b19-12+. The van der Waals surface area contributed by atoms with Crippen LogP contribution >= 0.6 is 62.5 Å². The zero-order valence-electron chi connectivity index (χ0n) is 21.9. The first-order chi connectivity index (χ1) is 16.0. The van der Waals surface area contributed by atoms with E-state index in [0.29, 0.717) is 48.1 Å². The number of hydrogen-bond acceptors (Lipinski definition) is 6. The van der Waals surface area contributed by atoms with E-state index in [0.717, 1.165) is 9.53 Å². The van der Waals surface area contributed by atoms with Gasteiger partial charge >= 0.3 is 5.97 Å². The monoisotopic (exact) mass is 651 g/mol. The van der Waals surface area contributed by atoms with Crippen molar-refractivity contribution in [2.24, 2.45) is 4.99 Å². The Bertz CT molecular complexity index is 736. The molecule has 0 aromatic rings. The highest BCUT2D eigenvalue weighted by atomic mass is 79.9. The van der Waals surface area contributed by atoms with Gasteiger partial charge in [-0.2, -0.15) is 0 Å². The summed E-state index contributed by atoms with van der Waals surface area (Å²) in [5.41, 5.74) is 0.309. The van der Waals surface area contributed by atoms with Crippen LogP contribution in [0.2, 0.25) is 16.6 Å². The van der Waals surface area contributed by atoms with Crippen LogP contribution in [0.15, 0.2) is 15.6 Å². The van der Waals surface area contributed by atoms with E-state index in [-0.39, 0.29) is 19.1 Å². The second-order valence-electron chi connectivity index (χ2n) is 10.2. The minimum Gasteiger partial charge on any atom is -0.461 e. The fourth-order valence-corrected chi connectivity index (χ4v) is 11.9. The first kappa shape index (κ1) is 33.7. The zero-order valence-corrected chi connectivity index (χ0v) is 27.5. The molecule has 1 N–H and O–H groups in total. The van der Waals surface area contributed by atoms with Gasteiger partial charge in [0.15, 0.2) is 5.72 Å². The molecular formula is C24H41BrCl3NO4SSi. The van der Waals surface area contributed by atoms with Crippen LogP contribution in [0.5, 0.6) is 0 Å². The average molecular weight is 654 g/mol. The fourth-order valence-electron chi connectivity index (χ4n) is 4.87. The Morgan fingerprint density at radius 2 is 1.77 bits per heavy atom. The number of unbranched alkanes of at least 4 members (excludes halogenated alkanes) is 1. The Kier molecular flexibility index (Phi) is 14.2. The quantitative estimate of drug-likeness (QED) is 0.0881.